The number of aryl methyl sites for hydroxylation is 1. The molecule has 0 radical (unpaired) electrons. The number of benzene rings is 1. The van der Waals surface area contributed by atoms with Gasteiger partial charge in [-0.05, 0) is 56.6 Å². The smallest absolute Gasteiger partial charge is 0.226 e. The molecular formula is C19H27ClN4O3. The number of likely N-dealkylation sites (tertiary alicyclic amines) is 1. The average molecular weight is 395 g/mol. The zero-order chi connectivity index (χ0) is 18.4. The molecule has 0 saturated carbocycles. The highest BCUT2D eigenvalue weighted by atomic mass is 35.5. The largest absolute Gasteiger partial charge is 0.497 e. The summed E-state index contributed by atoms with van der Waals surface area (Å²) in [6, 6.07) is 7.51. The molecule has 1 unspecified atom stereocenters. The summed E-state index contributed by atoms with van der Waals surface area (Å²) in [4.78, 5) is 18.7. The van der Waals surface area contributed by atoms with E-state index in [0.29, 0.717) is 30.5 Å². The van der Waals surface area contributed by atoms with Gasteiger partial charge in [0.1, 0.15) is 5.75 Å². The van der Waals surface area contributed by atoms with E-state index < -0.39 is 0 Å². The minimum atomic E-state index is 0. The Morgan fingerprint density at radius 1 is 1.37 bits per heavy atom. The number of halogens is 1. The summed E-state index contributed by atoms with van der Waals surface area (Å²) in [5.41, 5.74) is 0.879. The highest BCUT2D eigenvalue weighted by Gasteiger charge is 2.25. The van der Waals surface area contributed by atoms with Crippen LogP contribution in [0.15, 0.2) is 28.8 Å². The van der Waals surface area contributed by atoms with Crippen molar-refractivity contribution < 1.29 is 14.1 Å². The Hall–Kier alpha value is -2.12. The lowest BCUT2D eigenvalue weighted by Crippen LogP contribution is -2.30. The monoisotopic (exact) mass is 394 g/mol. The van der Waals surface area contributed by atoms with Crippen molar-refractivity contribution in [2.24, 2.45) is 5.92 Å². The van der Waals surface area contributed by atoms with Gasteiger partial charge in [-0.25, -0.2) is 0 Å². The Bertz CT molecular complexity index is 720. The van der Waals surface area contributed by atoms with Crippen LogP contribution in [-0.4, -0.2) is 54.7 Å². The molecule has 1 aliphatic rings. The van der Waals surface area contributed by atoms with Gasteiger partial charge in [0.05, 0.1) is 7.11 Å². The molecule has 1 aliphatic heterocycles. The van der Waals surface area contributed by atoms with Crippen LogP contribution in [-0.2, 0) is 11.2 Å². The van der Waals surface area contributed by atoms with Gasteiger partial charge in [0.2, 0.25) is 17.6 Å². The summed E-state index contributed by atoms with van der Waals surface area (Å²) in [7, 11) is 3.58. The van der Waals surface area contributed by atoms with E-state index in [0.717, 1.165) is 43.8 Å². The third-order valence-electron chi connectivity index (χ3n) is 4.73. The van der Waals surface area contributed by atoms with Crippen LogP contribution in [0.1, 0.15) is 25.2 Å². The van der Waals surface area contributed by atoms with E-state index in [4.69, 9.17) is 9.26 Å². The van der Waals surface area contributed by atoms with Gasteiger partial charge in [-0.1, -0.05) is 5.16 Å². The molecule has 1 amide bonds. The van der Waals surface area contributed by atoms with Crippen molar-refractivity contribution >= 4 is 18.3 Å². The zero-order valence-corrected chi connectivity index (χ0v) is 16.6. The van der Waals surface area contributed by atoms with Crippen LogP contribution >= 0.6 is 12.4 Å². The first kappa shape index (κ1) is 21.2. The number of ether oxygens (including phenoxy) is 1. The predicted octanol–water partition coefficient (Wildman–Crippen LogP) is 2.56. The van der Waals surface area contributed by atoms with E-state index in [2.05, 4.69) is 15.5 Å². The van der Waals surface area contributed by atoms with Crippen LogP contribution in [0.4, 0.5) is 0 Å². The normalized spacial score (nSPS) is 16.2. The SMILES string of the molecule is CNCC1CCN(C(=O)CCCc2nc(-c3ccc(OC)cc3)no2)C1.Cl. The molecule has 7 nitrogen and oxygen atoms in total. The molecule has 1 atom stereocenters. The quantitative estimate of drug-likeness (QED) is 0.741. The first-order valence-corrected chi connectivity index (χ1v) is 9.09. The molecule has 0 bridgehead atoms. The molecule has 8 heteroatoms. The van der Waals surface area contributed by atoms with Crippen molar-refractivity contribution in [3.63, 3.8) is 0 Å². The molecule has 148 valence electrons. The first-order chi connectivity index (χ1) is 12.7. The van der Waals surface area contributed by atoms with Crippen LogP contribution in [0.5, 0.6) is 5.75 Å². The van der Waals surface area contributed by atoms with E-state index in [9.17, 15) is 4.79 Å². The Labute approximate surface area is 165 Å². The maximum absolute atomic E-state index is 12.3. The number of carbonyl (C=O) groups is 1. The van der Waals surface area contributed by atoms with Gasteiger partial charge in [-0.15, -0.1) is 12.4 Å². The van der Waals surface area contributed by atoms with E-state index in [1.165, 1.54) is 0 Å². The number of hydrogen-bond acceptors (Lipinski definition) is 6. The Balaban J connectivity index is 0.00000261. The van der Waals surface area contributed by atoms with Crippen LogP contribution in [0.3, 0.4) is 0 Å². The molecule has 1 aromatic heterocycles. The second kappa shape index (κ2) is 10.3. The molecule has 0 spiro atoms. The highest BCUT2D eigenvalue weighted by Crippen LogP contribution is 2.20. The van der Waals surface area contributed by atoms with Crippen molar-refractivity contribution in [1.29, 1.82) is 0 Å². The van der Waals surface area contributed by atoms with Gasteiger partial charge >= 0.3 is 0 Å². The average Bonchev–Trinajstić information content (AvgIpc) is 3.32. The number of rotatable bonds is 8. The molecule has 1 fully saturated rings. The zero-order valence-electron chi connectivity index (χ0n) is 15.8. The molecule has 27 heavy (non-hydrogen) atoms. The topological polar surface area (TPSA) is 80.5 Å². The molecule has 0 aliphatic carbocycles. The number of aromatic nitrogens is 2. The van der Waals surface area contributed by atoms with E-state index in [1.54, 1.807) is 7.11 Å². The molecule has 1 aromatic carbocycles. The maximum atomic E-state index is 12.3. The Morgan fingerprint density at radius 3 is 2.85 bits per heavy atom. The molecule has 1 N–H and O–H groups in total. The summed E-state index contributed by atoms with van der Waals surface area (Å²) in [6.07, 6.45) is 2.94. The van der Waals surface area contributed by atoms with Crippen molar-refractivity contribution in [3.05, 3.63) is 30.2 Å². The number of carbonyl (C=O) groups excluding carboxylic acids is 1. The lowest BCUT2D eigenvalue weighted by molar-refractivity contribution is -0.130. The maximum Gasteiger partial charge on any atom is 0.226 e. The summed E-state index contributed by atoms with van der Waals surface area (Å²) in [5.74, 6) is 2.71. The van der Waals surface area contributed by atoms with Gasteiger partial charge in [-0.2, -0.15) is 4.98 Å². The van der Waals surface area contributed by atoms with Gasteiger partial charge < -0.3 is 19.5 Å². The van der Waals surface area contributed by atoms with Crippen molar-refractivity contribution in [2.75, 3.05) is 33.8 Å². The lowest BCUT2D eigenvalue weighted by atomic mass is 10.1. The molecule has 2 heterocycles. The van der Waals surface area contributed by atoms with Crippen LogP contribution < -0.4 is 10.1 Å². The number of methoxy groups -OCH3 is 1. The lowest BCUT2D eigenvalue weighted by Gasteiger charge is -2.16. The molecule has 3 rings (SSSR count). The highest BCUT2D eigenvalue weighted by molar-refractivity contribution is 5.85. The number of amides is 1. The van der Waals surface area contributed by atoms with Gasteiger partial charge in [0.15, 0.2) is 0 Å². The predicted molar refractivity (Wildman–Crippen MR) is 105 cm³/mol. The van der Waals surface area contributed by atoms with Crippen molar-refractivity contribution in [3.8, 4) is 17.1 Å². The molecule has 2 aromatic rings. The second-order valence-corrected chi connectivity index (χ2v) is 6.65. The number of nitrogens with zero attached hydrogens (tertiary/aromatic N) is 3. The standard InChI is InChI=1S/C19H26N4O3.ClH/c1-20-12-14-10-11-23(13-14)18(24)5-3-4-17-21-19(22-26-17)15-6-8-16(25-2)9-7-15;/h6-9,14,20H,3-5,10-13H2,1-2H3;1H. The fourth-order valence-electron chi connectivity index (χ4n) is 3.28. The van der Waals surface area contributed by atoms with Gasteiger partial charge in [0, 0.05) is 31.5 Å². The fourth-order valence-corrected chi connectivity index (χ4v) is 3.28. The van der Waals surface area contributed by atoms with Crippen molar-refractivity contribution in [1.82, 2.24) is 20.4 Å². The third-order valence-corrected chi connectivity index (χ3v) is 4.73. The van der Waals surface area contributed by atoms with Crippen molar-refractivity contribution in [2.45, 2.75) is 25.7 Å². The second-order valence-electron chi connectivity index (χ2n) is 6.65. The fraction of sp³-hybridized carbons (Fsp3) is 0.526. The van der Waals surface area contributed by atoms with E-state index in [1.807, 2.05) is 36.2 Å². The first-order valence-electron chi connectivity index (χ1n) is 9.09. The summed E-state index contributed by atoms with van der Waals surface area (Å²) < 4.78 is 10.5. The van der Waals surface area contributed by atoms with E-state index in [-0.39, 0.29) is 18.3 Å². The third kappa shape index (κ3) is 5.68. The molecular weight excluding hydrogens is 368 g/mol. The van der Waals surface area contributed by atoms with Crippen LogP contribution in [0, 0.1) is 5.92 Å². The van der Waals surface area contributed by atoms with Gasteiger partial charge in [0.25, 0.3) is 0 Å². The molecule has 1 saturated heterocycles. The minimum Gasteiger partial charge on any atom is -0.497 e. The van der Waals surface area contributed by atoms with Crippen LogP contribution in [0.2, 0.25) is 0 Å². The number of hydrogen-bond donors (Lipinski definition) is 1. The summed E-state index contributed by atoms with van der Waals surface area (Å²) >= 11 is 0. The number of nitrogens with one attached hydrogen (secondary N) is 1. The van der Waals surface area contributed by atoms with E-state index >= 15 is 0 Å². The van der Waals surface area contributed by atoms with Crippen LogP contribution in [0.25, 0.3) is 11.4 Å². The minimum absolute atomic E-state index is 0. The summed E-state index contributed by atoms with van der Waals surface area (Å²) in [5, 5.41) is 7.20. The Morgan fingerprint density at radius 2 is 2.15 bits per heavy atom. The Kier molecular flexibility index (Phi) is 8.06. The summed E-state index contributed by atoms with van der Waals surface area (Å²) in [6.45, 7) is 2.70. The van der Waals surface area contributed by atoms with Gasteiger partial charge in [-0.3, -0.25) is 4.79 Å².